The van der Waals surface area contributed by atoms with Crippen molar-refractivity contribution in [2.24, 2.45) is 17.8 Å². The second kappa shape index (κ2) is 4.84. The maximum absolute atomic E-state index is 12.1. The van der Waals surface area contributed by atoms with Crippen LogP contribution >= 0.6 is 0 Å². The fourth-order valence-electron chi connectivity index (χ4n) is 4.14. The molecule has 0 aromatic heterocycles. The summed E-state index contributed by atoms with van der Waals surface area (Å²) in [6.45, 7) is 0.474. The van der Waals surface area contributed by atoms with Crippen LogP contribution in [0.25, 0.3) is 0 Å². The van der Waals surface area contributed by atoms with E-state index >= 15 is 0 Å². The van der Waals surface area contributed by atoms with E-state index in [1.54, 1.807) is 0 Å². The molecule has 0 aromatic carbocycles. The number of hydrogen-bond donors (Lipinski definition) is 2. The zero-order chi connectivity index (χ0) is 12.6. The third kappa shape index (κ3) is 2.42. The largest absolute Gasteiger partial charge is 0.388 e. The van der Waals surface area contributed by atoms with Gasteiger partial charge in [0.15, 0.2) is 0 Å². The van der Waals surface area contributed by atoms with Crippen LogP contribution in [0.15, 0.2) is 0 Å². The van der Waals surface area contributed by atoms with Gasteiger partial charge in [-0.2, -0.15) is 0 Å². The lowest BCUT2D eigenvalue weighted by Crippen LogP contribution is -2.43. The summed E-state index contributed by atoms with van der Waals surface area (Å²) in [5.41, 5.74) is -0.629. The molecule has 3 aliphatic carbocycles. The van der Waals surface area contributed by atoms with Crippen molar-refractivity contribution in [2.45, 2.75) is 63.4 Å². The van der Waals surface area contributed by atoms with E-state index < -0.39 is 5.60 Å². The summed E-state index contributed by atoms with van der Waals surface area (Å²) in [7, 11) is 0. The van der Waals surface area contributed by atoms with E-state index in [0.717, 1.165) is 25.7 Å². The van der Waals surface area contributed by atoms with E-state index in [1.807, 2.05) is 0 Å². The molecule has 3 aliphatic rings. The van der Waals surface area contributed by atoms with Gasteiger partial charge in [0.1, 0.15) is 0 Å². The molecule has 0 bridgehead atoms. The van der Waals surface area contributed by atoms with Crippen LogP contribution in [0.2, 0.25) is 0 Å². The zero-order valence-electron chi connectivity index (χ0n) is 11.2. The van der Waals surface area contributed by atoms with Crippen LogP contribution in [0, 0.1) is 17.8 Å². The molecule has 0 spiro atoms. The van der Waals surface area contributed by atoms with E-state index in [-0.39, 0.29) is 11.8 Å². The first-order chi connectivity index (χ1) is 8.70. The average molecular weight is 251 g/mol. The standard InChI is InChI=1S/C15H25NO2/c17-14(13-11-6-5-7-12(11)13)16-10-15(18)8-3-1-2-4-9-15/h11-13,18H,1-10H2,(H,16,17). The average Bonchev–Trinajstić information content (AvgIpc) is 2.94. The summed E-state index contributed by atoms with van der Waals surface area (Å²) < 4.78 is 0. The van der Waals surface area contributed by atoms with Crippen LogP contribution in [0.4, 0.5) is 0 Å². The number of carbonyl (C=O) groups excluding carboxylic acids is 1. The summed E-state index contributed by atoms with van der Waals surface area (Å²) in [5, 5.41) is 13.5. The van der Waals surface area contributed by atoms with Crippen molar-refractivity contribution < 1.29 is 9.90 Å². The Morgan fingerprint density at radius 3 is 2.28 bits per heavy atom. The molecule has 102 valence electrons. The molecule has 3 fully saturated rings. The van der Waals surface area contributed by atoms with Crippen molar-refractivity contribution in [3.8, 4) is 0 Å². The summed E-state index contributed by atoms with van der Waals surface area (Å²) in [5.74, 6) is 1.85. The molecular formula is C15H25NO2. The summed E-state index contributed by atoms with van der Waals surface area (Å²) >= 11 is 0. The Hall–Kier alpha value is -0.570. The number of hydrogen-bond acceptors (Lipinski definition) is 2. The normalized spacial score (nSPS) is 37.7. The second-order valence-corrected chi connectivity index (χ2v) is 6.64. The molecule has 3 rings (SSSR count). The summed E-state index contributed by atoms with van der Waals surface area (Å²) in [6.07, 6.45) is 10.1. The SMILES string of the molecule is O=C(NCC1(O)CCCCCC1)C1C2CCCC21. The quantitative estimate of drug-likeness (QED) is 0.756. The van der Waals surface area contributed by atoms with Crippen molar-refractivity contribution in [3.05, 3.63) is 0 Å². The number of carbonyl (C=O) groups is 1. The molecule has 1 amide bonds. The van der Waals surface area contributed by atoms with Crippen LogP contribution in [0.5, 0.6) is 0 Å². The lowest BCUT2D eigenvalue weighted by molar-refractivity contribution is -0.124. The predicted molar refractivity (Wildman–Crippen MR) is 70.0 cm³/mol. The van der Waals surface area contributed by atoms with E-state index in [1.165, 1.54) is 32.1 Å². The van der Waals surface area contributed by atoms with Crippen molar-refractivity contribution in [1.29, 1.82) is 0 Å². The maximum atomic E-state index is 12.1. The Labute approximate surface area is 109 Å². The first kappa shape index (κ1) is 12.5. The number of fused-ring (bicyclic) bond motifs is 1. The topological polar surface area (TPSA) is 49.3 Å². The van der Waals surface area contributed by atoms with Crippen LogP contribution < -0.4 is 5.32 Å². The first-order valence-electron chi connectivity index (χ1n) is 7.70. The molecule has 3 saturated carbocycles. The first-order valence-corrected chi connectivity index (χ1v) is 7.70. The molecule has 0 aromatic rings. The number of amides is 1. The molecule has 0 aliphatic heterocycles. The third-order valence-corrected chi connectivity index (χ3v) is 5.34. The molecule has 0 saturated heterocycles. The Balaban J connectivity index is 1.47. The molecule has 18 heavy (non-hydrogen) atoms. The van der Waals surface area contributed by atoms with Crippen LogP contribution in [0.1, 0.15) is 57.8 Å². The van der Waals surface area contributed by atoms with Crippen LogP contribution in [-0.4, -0.2) is 23.2 Å². The fourth-order valence-corrected chi connectivity index (χ4v) is 4.14. The molecule has 2 unspecified atom stereocenters. The van der Waals surface area contributed by atoms with Gasteiger partial charge >= 0.3 is 0 Å². The monoisotopic (exact) mass is 251 g/mol. The molecule has 0 radical (unpaired) electrons. The van der Waals surface area contributed by atoms with Crippen molar-refractivity contribution in [1.82, 2.24) is 5.32 Å². The van der Waals surface area contributed by atoms with Gasteiger partial charge in [-0.05, 0) is 37.5 Å². The van der Waals surface area contributed by atoms with Gasteiger partial charge in [-0.15, -0.1) is 0 Å². The lowest BCUT2D eigenvalue weighted by Gasteiger charge is -2.27. The lowest BCUT2D eigenvalue weighted by atomic mass is 9.94. The minimum Gasteiger partial charge on any atom is -0.388 e. The highest BCUT2D eigenvalue weighted by molar-refractivity contribution is 5.82. The van der Waals surface area contributed by atoms with Crippen LogP contribution in [-0.2, 0) is 4.79 Å². The van der Waals surface area contributed by atoms with Gasteiger partial charge in [-0.1, -0.05) is 32.1 Å². The van der Waals surface area contributed by atoms with Gasteiger partial charge in [-0.25, -0.2) is 0 Å². The molecule has 3 heteroatoms. The van der Waals surface area contributed by atoms with Crippen molar-refractivity contribution >= 4 is 5.91 Å². The molecule has 0 heterocycles. The number of aliphatic hydroxyl groups is 1. The van der Waals surface area contributed by atoms with Crippen LogP contribution in [0.3, 0.4) is 0 Å². The molecule has 2 N–H and O–H groups in total. The Bertz CT molecular complexity index is 310. The van der Waals surface area contributed by atoms with Gasteiger partial charge in [0.25, 0.3) is 0 Å². The number of rotatable bonds is 3. The smallest absolute Gasteiger partial charge is 0.223 e. The van der Waals surface area contributed by atoms with Crippen molar-refractivity contribution in [3.63, 3.8) is 0 Å². The van der Waals surface area contributed by atoms with Gasteiger partial charge in [-0.3, -0.25) is 4.79 Å². The van der Waals surface area contributed by atoms with E-state index in [2.05, 4.69) is 5.32 Å². The van der Waals surface area contributed by atoms with E-state index in [0.29, 0.717) is 18.4 Å². The molecular weight excluding hydrogens is 226 g/mol. The summed E-state index contributed by atoms with van der Waals surface area (Å²) in [6, 6.07) is 0. The maximum Gasteiger partial charge on any atom is 0.223 e. The highest BCUT2D eigenvalue weighted by Crippen LogP contribution is 2.57. The van der Waals surface area contributed by atoms with E-state index in [4.69, 9.17) is 0 Å². The molecule has 2 atom stereocenters. The van der Waals surface area contributed by atoms with Gasteiger partial charge in [0, 0.05) is 12.5 Å². The predicted octanol–water partition coefficient (Wildman–Crippen LogP) is 2.23. The zero-order valence-corrected chi connectivity index (χ0v) is 11.2. The van der Waals surface area contributed by atoms with Gasteiger partial charge < -0.3 is 10.4 Å². The molecule has 3 nitrogen and oxygen atoms in total. The number of nitrogens with one attached hydrogen (secondary N) is 1. The summed E-state index contributed by atoms with van der Waals surface area (Å²) in [4.78, 5) is 12.1. The highest BCUT2D eigenvalue weighted by atomic mass is 16.3. The Morgan fingerprint density at radius 2 is 1.67 bits per heavy atom. The Morgan fingerprint density at radius 1 is 1.06 bits per heavy atom. The second-order valence-electron chi connectivity index (χ2n) is 6.64. The minimum atomic E-state index is -0.629. The third-order valence-electron chi connectivity index (χ3n) is 5.34. The fraction of sp³-hybridized carbons (Fsp3) is 0.933. The van der Waals surface area contributed by atoms with Gasteiger partial charge in [0.05, 0.1) is 5.60 Å². The Kier molecular flexibility index (Phi) is 3.35. The highest BCUT2D eigenvalue weighted by Gasteiger charge is 2.56. The minimum absolute atomic E-state index is 0.211. The van der Waals surface area contributed by atoms with Crippen molar-refractivity contribution in [2.75, 3.05) is 6.54 Å². The van der Waals surface area contributed by atoms with E-state index in [9.17, 15) is 9.90 Å². The van der Waals surface area contributed by atoms with Gasteiger partial charge in [0.2, 0.25) is 5.91 Å².